The van der Waals surface area contributed by atoms with Crippen LogP contribution < -0.4 is 5.32 Å². The molecule has 0 heterocycles. The van der Waals surface area contributed by atoms with Crippen molar-refractivity contribution in [1.82, 2.24) is 5.32 Å². The Bertz CT molecular complexity index is 401. The zero-order valence-electron chi connectivity index (χ0n) is 11.5. The fourth-order valence-corrected chi connectivity index (χ4v) is 1.81. The van der Waals surface area contributed by atoms with E-state index in [2.05, 4.69) is 11.4 Å². The molecular weight excluding hydrogens is 226 g/mol. The molecule has 18 heavy (non-hydrogen) atoms. The number of rotatable bonds is 6. The van der Waals surface area contributed by atoms with E-state index in [-0.39, 0.29) is 12.0 Å². The van der Waals surface area contributed by atoms with E-state index in [0.29, 0.717) is 19.4 Å². The van der Waals surface area contributed by atoms with Crippen LogP contribution in [0, 0.1) is 13.8 Å². The van der Waals surface area contributed by atoms with Crippen molar-refractivity contribution in [3.8, 4) is 0 Å². The van der Waals surface area contributed by atoms with Gasteiger partial charge in [-0.05, 0) is 37.8 Å². The van der Waals surface area contributed by atoms with Crippen molar-refractivity contribution in [1.29, 1.82) is 0 Å². The summed E-state index contributed by atoms with van der Waals surface area (Å²) in [6.45, 7) is 6.52. The molecule has 1 amide bonds. The molecule has 1 rings (SSSR count). The third-order valence-corrected chi connectivity index (χ3v) is 3.13. The summed E-state index contributed by atoms with van der Waals surface area (Å²) in [5, 5.41) is 12.2. The third-order valence-electron chi connectivity index (χ3n) is 3.13. The standard InChI is InChI=1S/C15H23NO2/c1-4-14(17)7-8-16-15(18)10-13-9-11(2)5-6-12(13)3/h5-6,9,14,17H,4,7-8,10H2,1-3H3,(H,16,18). The molecule has 0 radical (unpaired) electrons. The summed E-state index contributed by atoms with van der Waals surface area (Å²) in [4.78, 5) is 11.8. The van der Waals surface area contributed by atoms with Gasteiger partial charge in [-0.2, -0.15) is 0 Å². The first-order chi connectivity index (χ1) is 8.52. The molecule has 1 aromatic rings. The van der Waals surface area contributed by atoms with Crippen molar-refractivity contribution in [2.24, 2.45) is 0 Å². The van der Waals surface area contributed by atoms with Crippen LogP contribution in [0.3, 0.4) is 0 Å². The second kappa shape index (κ2) is 7.17. The molecule has 0 aliphatic carbocycles. The molecule has 3 nitrogen and oxygen atoms in total. The maximum Gasteiger partial charge on any atom is 0.224 e. The van der Waals surface area contributed by atoms with E-state index in [1.807, 2.05) is 32.9 Å². The molecule has 0 saturated heterocycles. The number of carbonyl (C=O) groups excluding carboxylic acids is 1. The van der Waals surface area contributed by atoms with Crippen LogP contribution in [-0.4, -0.2) is 23.7 Å². The molecule has 1 unspecified atom stereocenters. The van der Waals surface area contributed by atoms with Crippen LogP contribution in [0.5, 0.6) is 0 Å². The molecule has 0 fully saturated rings. The van der Waals surface area contributed by atoms with Gasteiger partial charge >= 0.3 is 0 Å². The van der Waals surface area contributed by atoms with E-state index >= 15 is 0 Å². The first-order valence-electron chi connectivity index (χ1n) is 6.53. The Hall–Kier alpha value is -1.35. The number of hydrogen-bond donors (Lipinski definition) is 2. The lowest BCUT2D eigenvalue weighted by Crippen LogP contribution is -2.28. The van der Waals surface area contributed by atoms with Crippen molar-refractivity contribution in [2.75, 3.05) is 6.54 Å². The van der Waals surface area contributed by atoms with Gasteiger partial charge in [0.1, 0.15) is 0 Å². The molecule has 0 aliphatic rings. The second-order valence-electron chi connectivity index (χ2n) is 4.81. The van der Waals surface area contributed by atoms with Crippen molar-refractivity contribution in [3.63, 3.8) is 0 Å². The highest BCUT2D eigenvalue weighted by molar-refractivity contribution is 5.78. The van der Waals surface area contributed by atoms with E-state index in [1.54, 1.807) is 0 Å². The number of amides is 1. The first-order valence-corrected chi connectivity index (χ1v) is 6.53. The Kier molecular flexibility index (Phi) is 5.86. The monoisotopic (exact) mass is 249 g/mol. The predicted molar refractivity (Wildman–Crippen MR) is 73.5 cm³/mol. The van der Waals surface area contributed by atoms with Gasteiger partial charge in [0, 0.05) is 6.54 Å². The fraction of sp³-hybridized carbons (Fsp3) is 0.533. The van der Waals surface area contributed by atoms with Crippen molar-refractivity contribution < 1.29 is 9.90 Å². The van der Waals surface area contributed by atoms with Gasteiger partial charge in [-0.3, -0.25) is 4.79 Å². The summed E-state index contributed by atoms with van der Waals surface area (Å²) in [7, 11) is 0. The number of aliphatic hydroxyl groups is 1. The molecule has 0 bridgehead atoms. The molecular formula is C15H23NO2. The van der Waals surface area contributed by atoms with Crippen LogP contribution in [-0.2, 0) is 11.2 Å². The van der Waals surface area contributed by atoms with Gasteiger partial charge in [-0.15, -0.1) is 0 Å². The number of aryl methyl sites for hydroxylation is 2. The lowest BCUT2D eigenvalue weighted by atomic mass is 10.0. The minimum absolute atomic E-state index is 0.0204. The van der Waals surface area contributed by atoms with Gasteiger partial charge in [-0.1, -0.05) is 30.7 Å². The maximum absolute atomic E-state index is 11.8. The van der Waals surface area contributed by atoms with Gasteiger partial charge in [0.2, 0.25) is 5.91 Å². The average Bonchev–Trinajstić information content (AvgIpc) is 2.33. The molecule has 2 N–H and O–H groups in total. The number of aliphatic hydroxyl groups excluding tert-OH is 1. The molecule has 0 aromatic heterocycles. The molecule has 1 aromatic carbocycles. The van der Waals surface area contributed by atoms with E-state index in [0.717, 1.165) is 17.5 Å². The van der Waals surface area contributed by atoms with Crippen molar-refractivity contribution >= 4 is 5.91 Å². The SMILES string of the molecule is CCC(O)CCNC(=O)Cc1cc(C)ccc1C. The molecule has 1 atom stereocenters. The van der Waals surface area contributed by atoms with Crippen LogP contribution >= 0.6 is 0 Å². The second-order valence-corrected chi connectivity index (χ2v) is 4.81. The van der Waals surface area contributed by atoms with E-state index in [1.165, 1.54) is 5.56 Å². The molecule has 0 saturated carbocycles. The Morgan fingerprint density at radius 2 is 2.11 bits per heavy atom. The van der Waals surface area contributed by atoms with Gasteiger partial charge in [0.25, 0.3) is 0 Å². The van der Waals surface area contributed by atoms with E-state index in [4.69, 9.17) is 0 Å². The summed E-state index contributed by atoms with van der Waals surface area (Å²) in [5.74, 6) is 0.0204. The smallest absolute Gasteiger partial charge is 0.224 e. The molecule has 3 heteroatoms. The van der Waals surface area contributed by atoms with E-state index in [9.17, 15) is 9.90 Å². The Morgan fingerprint density at radius 3 is 2.78 bits per heavy atom. The van der Waals surface area contributed by atoms with Gasteiger partial charge in [-0.25, -0.2) is 0 Å². The first kappa shape index (κ1) is 14.7. The van der Waals surface area contributed by atoms with Crippen molar-refractivity contribution in [3.05, 3.63) is 34.9 Å². The minimum atomic E-state index is -0.314. The Morgan fingerprint density at radius 1 is 1.39 bits per heavy atom. The highest BCUT2D eigenvalue weighted by Gasteiger charge is 2.07. The summed E-state index contributed by atoms with van der Waals surface area (Å²) in [6.07, 6.45) is 1.45. The van der Waals surface area contributed by atoms with Crippen molar-refractivity contribution in [2.45, 2.75) is 46.1 Å². The normalized spacial score (nSPS) is 12.2. The topological polar surface area (TPSA) is 49.3 Å². The van der Waals surface area contributed by atoms with Crippen LogP contribution in [0.1, 0.15) is 36.5 Å². The van der Waals surface area contributed by atoms with Crippen LogP contribution in [0.2, 0.25) is 0 Å². The fourth-order valence-electron chi connectivity index (χ4n) is 1.81. The quantitative estimate of drug-likeness (QED) is 0.811. The number of hydrogen-bond acceptors (Lipinski definition) is 2. The Labute approximate surface area is 109 Å². The van der Waals surface area contributed by atoms with Gasteiger partial charge < -0.3 is 10.4 Å². The summed E-state index contributed by atoms with van der Waals surface area (Å²) < 4.78 is 0. The molecule has 0 aliphatic heterocycles. The maximum atomic E-state index is 11.8. The van der Waals surface area contributed by atoms with Gasteiger partial charge in [0.05, 0.1) is 12.5 Å². The third kappa shape index (κ3) is 4.88. The largest absolute Gasteiger partial charge is 0.393 e. The zero-order chi connectivity index (χ0) is 13.5. The predicted octanol–water partition coefficient (Wildman–Crippen LogP) is 2.12. The number of carbonyl (C=O) groups is 1. The Balaban J connectivity index is 2.42. The summed E-state index contributed by atoms with van der Waals surface area (Å²) >= 11 is 0. The average molecular weight is 249 g/mol. The molecule has 100 valence electrons. The highest BCUT2D eigenvalue weighted by Crippen LogP contribution is 2.11. The minimum Gasteiger partial charge on any atom is -0.393 e. The lowest BCUT2D eigenvalue weighted by Gasteiger charge is -2.10. The van der Waals surface area contributed by atoms with Crippen LogP contribution in [0.15, 0.2) is 18.2 Å². The van der Waals surface area contributed by atoms with Gasteiger partial charge in [0.15, 0.2) is 0 Å². The number of nitrogens with one attached hydrogen (secondary N) is 1. The zero-order valence-corrected chi connectivity index (χ0v) is 11.5. The lowest BCUT2D eigenvalue weighted by molar-refractivity contribution is -0.120. The van der Waals surface area contributed by atoms with Crippen LogP contribution in [0.4, 0.5) is 0 Å². The highest BCUT2D eigenvalue weighted by atomic mass is 16.3. The summed E-state index contributed by atoms with van der Waals surface area (Å²) in [5.41, 5.74) is 3.39. The molecule has 0 spiro atoms. The summed E-state index contributed by atoms with van der Waals surface area (Å²) in [6, 6.07) is 6.14. The van der Waals surface area contributed by atoms with E-state index < -0.39 is 0 Å². The number of benzene rings is 1. The van der Waals surface area contributed by atoms with Crippen LogP contribution in [0.25, 0.3) is 0 Å².